The lowest BCUT2D eigenvalue weighted by Gasteiger charge is -1.93. The molecule has 1 nitrogen and oxygen atoms in total. The Bertz CT molecular complexity index is 345. The number of thiazole rings is 1. The second kappa shape index (κ2) is 4.77. The van der Waals surface area contributed by atoms with E-state index in [1.165, 1.54) is 0 Å². The number of hydrogen-bond donors (Lipinski definition) is 0. The van der Waals surface area contributed by atoms with Gasteiger partial charge in [0.25, 0.3) is 0 Å². The minimum Gasteiger partial charge on any atom is -0.241 e. The van der Waals surface area contributed by atoms with E-state index < -0.39 is 0 Å². The van der Waals surface area contributed by atoms with Crippen LogP contribution in [0.4, 0.5) is 0 Å². The van der Waals surface area contributed by atoms with Gasteiger partial charge in [0.15, 0.2) is 0 Å². The van der Waals surface area contributed by atoms with Crippen molar-refractivity contribution in [2.45, 2.75) is 13.8 Å². The van der Waals surface area contributed by atoms with Crippen LogP contribution >= 0.6 is 11.3 Å². The van der Waals surface area contributed by atoms with Crippen molar-refractivity contribution in [1.29, 1.82) is 0 Å². The largest absolute Gasteiger partial charge is 0.241 e. The summed E-state index contributed by atoms with van der Waals surface area (Å²) < 4.78 is 0. The van der Waals surface area contributed by atoms with E-state index in [4.69, 9.17) is 0 Å². The maximum Gasteiger partial charge on any atom is 0.123 e. The van der Waals surface area contributed by atoms with Gasteiger partial charge in [-0.25, -0.2) is 4.98 Å². The Kier molecular flexibility index (Phi) is 3.65. The van der Waals surface area contributed by atoms with E-state index in [0.29, 0.717) is 0 Å². The molecule has 0 radical (unpaired) electrons. The quantitative estimate of drug-likeness (QED) is 0.665. The molecule has 0 aromatic carbocycles. The monoisotopic (exact) mass is 191 g/mol. The van der Waals surface area contributed by atoms with Crippen molar-refractivity contribution in [3.05, 3.63) is 47.0 Å². The average Bonchev–Trinajstić information content (AvgIpc) is 2.51. The van der Waals surface area contributed by atoms with E-state index >= 15 is 0 Å². The molecule has 1 aromatic heterocycles. The summed E-state index contributed by atoms with van der Waals surface area (Å²) in [5, 5.41) is 3.10. The van der Waals surface area contributed by atoms with E-state index in [9.17, 15) is 0 Å². The van der Waals surface area contributed by atoms with Crippen LogP contribution in [0.2, 0.25) is 0 Å². The van der Waals surface area contributed by atoms with Crippen LogP contribution in [0, 0.1) is 6.92 Å². The Labute approximate surface area is 83.1 Å². The number of allylic oxidation sites excluding steroid dienone is 5. The predicted molar refractivity (Wildman–Crippen MR) is 59.8 cm³/mol. The van der Waals surface area contributed by atoms with Crippen molar-refractivity contribution in [2.24, 2.45) is 0 Å². The number of aryl methyl sites for hydroxylation is 1. The van der Waals surface area contributed by atoms with Gasteiger partial charge in [0.2, 0.25) is 0 Å². The lowest BCUT2D eigenvalue weighted by Crippen LogP contribution is -1.79. The van der Waals surface area contributed by atoms with Crippen LogP contribution in [0.25, 0.3) is 5.57 Å². The summed E-state index contributed by atoms with van der Waals surface area (Å²) in [6, 6.07) is 0. The first-order chi connectivity index (χ1) is 6.27. The van der Waals surface area contributed by atoms with Gasteiger partial charge in [0.05, 0.1) is 0 Å². The highest BCUT2D eigenvalue weighted by Gasteiger charge is 2.00. The molecule has 0 aliphatic heterocycles. The zero-order valence-corrected chi connectivity index (χ0v) is 8.77. The maximum absolute atomic E-state index is 4.40. The molecule has 0 saturated carbocycles. The van der Waals surface area contributed by atoms with E-state index in [2.05, 4.69) is 16.9 Å². The van der Waals surface area contributed by atoms with Gasteiger partial charge in [-0.05, 0) is 13.8 Å². The molecule has 1 heterocycles. The zero-order chi connectivity index (χ0) is 9.68. The summed E-state index contributed by atoms with van der Waals surface area (Å²) in [6.45, 7) is 7.68. The second-order valence-corrected chi connectivity index (χ2v) is 3.51. The van der Waals surface area contributed by atoms with Gasteiger partial charge in [-0.2, -0.15) is 0 Å². The molecular formula is C11H13NS. The fraction of sp³-hybridized carbons (Fsp3) is 0.182. The molecule has 0 aliphatic carbocycles. The first-order valence-corrected chi connectivity index (χ1v) is 5.03. The minimum atomic E-state index is 1.05. The molecule has 0 saturated heterocycles. The molecule has 68 valence electrons. The van der Waals surface area contributed by atoms with Gasteiger partial charge in [-0.15, -0.1) is 11.3 Å². The molecule has 0 amide bonds. The second-order valence-electron chi connectivity index (χ2n) is 2.65. The third-order valence-electron chi connectivity index (χ3n) is 1.51. The van der Waals surface area contributed by atoms with Gasteiger partial charge in [-0.3, -0.25) is 0 Å². The first-order valence-electron chi connectivity index (χ1n) is 4.16. The zero-order valence-electron chi connectivity index (χ0n) is 7.95. The highest BCUT2D eigenvalue weighted by atomic mass is 32.1. The van der Waals surface area contributed by atoms with Crippen LogP contribution in [0.15, 0.2) is 36.3 Å². The third kappa shape index (κ3) is 2.67. The van der Waals surface area contributed by atoms with E-state index in [0.717, 1.165) is 16.3 Å². The predicted octanol–water partition coefficient (Wildman–Crippen LogP) is 3.60. The maximum atomic E-state index is 4.40. The Morgan fingerprint density at radius 1 is 1.62 bits per heavy atom. The van der Waals surface area contributed by atoms with E-state index in [1.54, 1.807) is 17.4 Å². The summed E-state index contributed by atoms with van der Waals surface area (Å²) in [5.41, 5.74) is 2.19. The van der Waals surface area contributed by atoms with Crippen molar-refractivity contribution in [3.63, 3.8) is 0 Å². The molecule has 1 aromatic rings. The first kappa shape index (κ1) is 9.93. The molecular weight excluding hydrogens is 178 g/mol. The Balaban J connectivity index is 3.01. The van der Waals surface area contributed by atoms with Gasteiger partial charge in [0.1, 0.15) is 5.01 Å². The Morgan fingerprint density at radius 2 is 2.38 bits per heavy atom. The molecule has 2 heteroatoms. The normalized spacial score (nSPS) is 12.3. The van der Waals surface area contributed by atoms with Crippen LogP contribution in [-0.4, -0.2) is 4.98 Å². The van der Waals surface area contributed by atoms with Gasteiger partial charge >= 0.3 is 0 Å². The lowest BCUT2D eigenvalue weighted by atomic mass is 10.2. The van der Waals surface area contributed by atoms with E-state index in [1.807, 2.05) is 32.1 Å². The van der Waals surface area contributed by atoms with Gasteiger partial charge in [-0.1, -0.05) is 30.9 Å². The average molecular weight is 191 g/mol. The minimum absolute atomic E-state index is 1.05. The van der Waals surface area contributed by atoms with Crippen molar-refractivity contribution >= 4 is 16.9 Å². The summed E-state index contributed by atoms with van der Waals surface area (Å²) >= 11 is 1.66. The highest BCUT2D eigenvalue weighted by molar-refractivity contribution is 7.10. The Morgan fingerprint density at radius 3 is 2.85 bits per heavy atom. The number of hydrogen-bond acceptors (Lipinski definition) is 2. The number of aromatic nitrogens is 1. The lowest BCUT2D eigenvalue weighted by molar-refractivity contribution is 1.24. The smallest absolute Gasteiger partial charge is 0.123 e. The molecule has 0 atom stereocenters. The van der Waals surface area contributed by atoms with Gasteiger partial charge in [0, 0.05) is 16.6 Å². The molecule has 13 heavy (non-hydrogen) atoms. The van der Waals surface area contributed by atoms with Crippen molar-refractivity contribution < 1.29 is 0 Å². The van der Waals surface area contributed by atoms with Crippen molar-refractivity contribution in [3.8, 4) is 0 Å². The summed E-state index contributed by atoms with van der Waals surface area (Å²) in [7, 11) is 0. The molecule has 0 unspecified atom stereocenters. The highest BCUT2D eigenvalue weighted by Crippen LogP contribution is 2.20. The molecule has 0 fully saturated rings. The molecule has 0 N–H and O–H groups in total. The molecule has 1 rings (SSSR count). The Hall–Kier alpha value is -1.15. The summed E-state index contributed by atoms with van der Waals surface area (Å²) in [5.74, 6) is 0. The van der Waals surface area contributed by atoms with E-state index in [-0.39, 0.29) is 0 Å². The summed E-state index contributed by atoms with van der Waals surface area (Å²) in [4.78, 5) is 4.40. The number of rotatable bonds is 3. The van der Waals surface area contributed by atoms with Gasteiger partial charge < -0.3 is 0 Å². The molecule has 0 bridgehead atoms. The van der Waals surface area contributed by atoms with Crippen LogP contribution in [-0.2, 0) is 0 Å². The van der Waals surface area contributed by atoms with Crippen LogP contribution in [0.1, 0.15) is 17.6 Å². The molecule has 0 aliphatic rings. The SMILES string of the molecule is C=C/C=C(\C=C/C)c1nc(C)cs1. The fourth-order valence-corrected chi connectivity index (χ4v) is 1.79. The van der Waals surface area contributed by atoms with Crippen LogP contribution in [0.5, 0.6) is 0 Å². The third-order valence-corrected chi connectivity index (χ3v) is 2.52. The van der Waals surface area contributed by atoms with Crippen LogP contribution < -0.4 is 0 Å². The van der Waals surface area contributed by atoms with Crippen molar-refractivity contribution in [2.75, 3.05) is 0 Å². The summed E-state index contributed by atoms with van der Waals surface area (Å²) in [6.07, 6.45) is 7.80. The number of nitrogens with zero attached hydrogens (tertiary/aromatic N) is 1. The fourth-order valence-electron chi connectivity index (χ4n) is 0.991. The topological polar surface area (TPSA) is 12.9 Å². The van der Waals surface area contributed by atoms with Crippen molar-refractivity contribution in [1.82, 2.24) is 4.98 Å². The molecule has 0 spiro atoms. The van der Waals surface area contributed by atoms with Crippen LogP contribution in [0.3, 0.4) is 0 Å². The standard InChI is InChI=1S/C11H13NS/c1-4-6-10(7-5-2)11-12-9(3)8-13-11/h4-8H,1H2,2-3H3/b7-5-,10-6+.